The SMILES string of the molecule is CCC(=O)N[C@@H](Cc1cnc[nH]1)C(=O)N[C@@H](CC(C)C)C(=O)N[C@@H](CCOC)C(N)=O.CNC(=O)[C@@H](NC(=O)[C@H](C)NC(=O)[C@H](Cc1c[nH]c2ccccc12)NC(=O)[C@H](CCC(N)=O)NC(=O)c1ccc(NC(=O)CNC(=O)CCC2(N(CC(=O)OO)CC(=O)OO)CN(CC(=O)OO)[C@@H]3CCCC[C@H]3N(CC(=O)OO)C2)cc1)C(C)C. The van der Waals surface area contributed by atoms with Crippen molar-refractivity contribution in [3.63, 3.8) is 0 Å². The average Bonchev–Trinajstić information content (AvgIpc) is 1.63. The van der Waals surface area contributed by atoms with Gasteiger partial charge in [-0.3, -0.25) is 91.8 Å². The molecule has 6 rings (SSSR count). The van der Waals surface area contributed by atoms with Gasteiger partial charge in [0.2, 0.25) is 65.0 Å². The first-order valence-electron chi connectivity index (χ1n) is 37.8. The molecule has 9 atom stereocenters. The number of aromatic amines is 2. The Kier molecular flexibility index (Phi) is 39.4. The third-order valence-electron chi connectivity index (χ3n) is 19.5. The number of benzene rings is 2. The summed E-state index contributed by atoms with van der Waals surface area (Å²) in [5.41, 5.74) is 11.2. The Labute approximate surface area is 672 Å². The van der Waals surface area contributed by atoms with E-state index in [4.69, 9.17) is 16.2 Å². The highest BCUT2D eigenvalue weighted by molar-refractivity contribution is 6.01. The molecule has 2 aliphatic rings. The molecule has 4 aromatic rings. The fourth-order valence-corrected chi connectivity index (χ4v) is 13.6. The number of fused-ring (bicyclic) bond motifs is 2. The van der Waals surface area contributed by atoms with Crippen molar-refractivity contribution >= 4 is 111 Å². The highest BCUT2D eigenvalue weighted by atomic mass is 17.1. The van der Waals surface area contributed by atoms with E-state index in [-0.39, 0.29) is 93.6 Å². The number of nitrogens with two attached hydrogens (primary N) is 2. The van der Waals surface area contributed by atoms with Crippen molar-refractivity contribution in [3.05, 3.63) is 84.1 Å². The highest BCUT2D eigenvalue weighted by Crippen LogP contribution is 2.37. The maximum Gasteiger partial charge on any atom is 0.355 e. The number of methoxy groups -OCH3 is 1. The van der Waals surface area contributed by atoms with Gasteiger partial charge in [-0.1, -0.05) is 65.7 Å². The van der Waals surface area contributed by atoms with Crippen molar-refractivity contribution in [1.82, 2.24) is 77.5 Å². The zero-order valence-electron chi connectivity index (χ0n) is 66.4. The number of primary amides is 2. The Morgan fingerprint density at radius 3 is 1.72 bits per heavy atom. The summed E-state index contributed by atoms with van der Waals surface area (Å²) in [5.74, 6) is -13.1. The molecule has 1 aliphatic carbocycles. The molecule has 2 aromatic heterocycles. The average molecular weight is 1650 g/mol. The number of carbonyl (C=O) groups excluding carboxylic acids is 16. The minimum absolute atomic E-state index is 0.0311. The summed E-state index contributed by atoms with van der Waals surface area (Å²) in [7, 11) is 2.90. The maximum absolute atomic E-state index is 14.1. The lowest BCUT2D eigenvalue weighted by Gasteiger charge is -2.45. The number of imidazole rings is 1. The van der Waals surface area contributed by atoms with Crippen LogP contribution in [0.4, 0.5) is 5.69 Å². The predicted molar refractivity (Wildman–Crippen MR) is 411 cm³/mol. The Hall–Kier alpha value is -11.6. The van der Waals surface area contributed by atoms with Crippen LogP contribution < -0.4 is 64.6 Å². The second kappa shape index (κ2) is 48.1. The van der Waals surface area contributed by atoms with Gasteiger partial charge in [0.25, 0.3) is 5.91 Å². The molecular formula is C74H108N18O25. The standard InChI is InChI=1S/C54H74N12O20.C20H34N6O5/c1-30(2)48(53(78)56-4)63-49(74)31(3)59-52(77)38(21-33-22-57-36-10-6-5-9-35(33)36)62-51(76)37(17-18-41(55)67)61-50(75)32-13-15-34(16-14-32)60-43(69)23-58-42(68)19-20-54(66(26-46(72)85-81)27-47(73)86-82)28-64(24-44(70)83-79)39-11-7-8-12-40(39)65(29-54)25-45(71)84-80;1-5-17(27)24-16(9-13-10-22-11-23-13)20(30)26-15(8-12(2)3)19(29)25-14(18(21)28)6-7-31-4/h5-6,9-10,13-16,22,30-31,37-40,48,57,79-82H,7-8,11-12,17-21,23-29H2,1-4H3,(H2,55,67)(H,56,78)(H,58,68)(H,59,77)(H,60,69)(H,61,75)(H,62,76)(H,63,74);10-12,14-16H,5-9H2,1-4H3,(H2,21,28)(H,22,23)(H,24,27)(H,25,29)(H,26,30)/t31-,37-,38-,39+,40+,48-;14-,15-,16-/m00/s1. The Balaban J connectivity index is 0.000000658. The van der Waals surface area contributed by atoms with E-state index in [1.54, 1.807) is 67.2 Å². The number of aromatic nitrogens is 3. The zero-order valence-corrected chi connectivity index (χ0v) is 66.4. The molecule has 0 radical (unpaired) electrons. The normalized spacial score (nSPS) is 16.3. The van der Waals surface area contributed by atoms with Gasteiger partial charge in [-0.2, -0.15) is 21.0 Å². The first-order chi connectivity index (χ1) is 55.6. The van der Waals surface area contributed by atoms with Gasteiger partial charge in [-0.25, -0.2) is 24.2 Å². The topological polar surface area (TPSA) is 627 Å². The number of ether oxygens (including phenoxy) is 1. The number of para-hydroxylation sites is 1. The van der Waals surface area contributed by atoms with Crippen LogP contribution in [0.1, 0.15) is 134 Å². The lowest BCUT2D eigenvalue weighted by atomic mass is 9.88. The number of hydrogen-bond acceptors (Lipinski definition) is 29. The fraction of sp³-hybridized carbons (Fsp3) is 0.554. The molecule has 12 amide bonds. The summed E-state index contributed by atoms with van der Waals surface area (Å²) in [6.45, 7) is 6.41. The van der Waals surface area contributed by atoms with Crippen molar-refractivity contribution in [3.8, 4) is 0 Å². The van der Waals surface area contributed by atoms with Gasteiger partial charge in [0, 0.05) is 124 Å². The van der Waals surface area contributed by atoms with Gasteiger partial charge in [-0.05, 0) is 93.2 Å². The second-order valence-electron chi connectivity index (χ2n) is 29.0. The summed E-state index contributed by atoms with van der Waals surface area (Å²) >= 11 is 0. The Morgan fingerprint density at radius 1 is 0.615 bits per heavy atom. The number of carbonyl (C=O) groups is 16. The summed E-state index contributed by atoms with van der Waals surface area (Å²) in [4.78, 5) is 237. The van der Waals surface area contributed by atoms with Crippen LogP contribution >= 0.6 is 0 Å². The van der Waals surface area contributed by atoms with Crippen LogP contribution in [0.3, 0.4) is 0 Å². The number of H-pyrrole nitrogens is 2. The van der Waals surface area contributed by atoms with Crippen molar-refractivity contribution in [2.45, 2.75) is 185 Å². The minimum Gasteiger partial charge on any atom is -0.385 e. The van der Waals surface area contributed by atoms with E-state index in [9.17, 15) is 97.7 Å². The van der Waals surface area contributed by atoms with E-state index in [0.717, 1.165) is 15.8 Å². The Bertz CT molecular complexity index is 4000. The fourth-order valence-electron chi connectivity index (χ4n) is 13.6. The minimum atomic E-state index is -1.70. The molecule has 2 aromatic carbocycles. The summed E-state index contributed by atoms with van der Waals surface area (Å²) in [5, 5.41) is 63.8. The number of likely N-dealkylation sites (N-methyl/N-ethyl adjacent to an activating group) is 1. The smallest absolute Gasteiger partial charge is 0.355 e. The highest BCUT2D eigenvalue weighted by Gasteiger charge is 2.51. The first kappa shape index (κ1) is 96.0. The maximum atomic E-state index is 14.1. The van der Waals surface area contributed by atoms with E-state index >= 15 is 0 Å². The Morgan fingerprint density at radius 2 is 1.18 bits per heavy atom. The molecule has 644 valence electrons. The monoisotopic (exact) mass is 1650 g/mol. The first-order valence-corrected chi connectivity index (χ1v) is 37.8. The van der Waals surface area contributed by atoms with Gasteiger partial charge in [0.05, 0.1) is 12.9 Å². The van der Waals surface area contributed by atoms with Crippen LogP contribution in [0.2, 0.25) is 0 Å². The van der Waals surface area contributed by atoms with Gasteiger partial charge >= 0.3 is 23.9 Å². The van der Waals surface area contributed by atoms with E-state index in [2.05, 4.69) is 87.7 Å². The third kappa shape index (κ3) is 30.8. The summed E-state index contributed by atoms with van der Waals surface area (Å²) < 4.78 is 4.95. The number of nitrogens with one attached hydrogen (secondary N) is 12. The van der Waals surface area contributed by atoms with Crippen molar-refractivity contribution in [2.75, 3.05) is 71.9 Å². The third-order valence-corrected chi connectivity index (χ3v) is 19.5. The van der Waals surface area contributed by atoms with Crippen LogP contribution in [0.25, 0.3) is 10.9 Å². The van der Waals surface area contributed by atoms with Crippen LogP contribution in [-0.4, -0.2) is 272 Å². The van der Waals surface area contributed by atoms with Crippen molar-refractivity contribution in [1.29, 1.82) is 0 Å². The van der Waals surface area contributed by atoms with Crippen LogP contribution in [0, 0.1) is 11.8 Å². The largest absolute Gasteiger partial charge is 0.385 e. The molecule has 1 saturated carbocycles. The van der Waals surface area contributed by atoms with Crippen molar-refractivity contribution < 1.29 is 122 Å². The van der Waals surface area contributed by atoms with E-state index < -0.39 is 188 Å². The molecule has 43 nitrogen and oxygen atoms in total. The van der Waals surface area contributed by atoms with E-state index in [0.29, 0.717) is 43.4 Å². The van der Waals surface area contributed by atoms with Gasteiger partial charge < -0.3 is 79.3 Å². The van der Waals surface area contributed by atoms with Gasteiger partial charge in [-0.15, -0.1) is 0 Å². The number of rotatable bonds is 44. The number of amides is 12. The lowest BCUT2D eigenvalue weighted by molar-refractivity contribution is -0.242. The summed E-state index contributed by atoms with van der Waals surface area (Å²) in [6, 6.07) is 3.66. The number of anilines is 1. The molecule has 1 aliphatic heterocycles. The van der Waals surface area contributed by atoms with Gasteiger partial charge in [0.1, 0.15) is 68.5 Å². The predicted octanol–water partition coefficient (Wildman–Crippen LogP) is -2.10. The van der Waals surface area contributed by atoms with Crippen LogP contribution in [-0.2, 0) is 109 Å². The van der Waals surface area contributed by atoms with E-state index in [1.807, 2.05) is 13.8 Å². The molecule has 2 fully saturated rings. The molecule has 3 heterocycles. The zero-order chi connectivity index (χ0) is 86.6. The molecule has 0 spiro atoms. The van der Waals surface area contributed by atoms with Crippen LogP contribution in [0.15, 0.2) is 67.3 Å². The number of hydrogen-bond donors (Lipinski definition) is 18. The lowest BCUT2D eigenvalue weighted by Crippen LogP contribution is -2.63. The molecule has 0 bridgehead atoms. The molecule has 43 heteroatoms. The van der Waals surface area contributed by atoms with Crippen molar-refractivity contribution in [2.24, 2.45) is 23.3 Å². The quantitative estimate of drug-likeness (QED) is 0.0128. The van der Waals surface area contributed by atoms with Crippen LogP contribution in [0.5, 0.6) is 0 Å². The molecule has 20 N–H and O–H groups in total. The molecule has 1 saturated heterocycles. The molecule has 0 unspecified atom stereocenters. The summed E-state index contributed by atoms with van der Waals surface area (Å²) in [6.07, 6.45) is 6.17. The number of nitrogens with zero attached hydrogens (tertiary/aromatic N) is 4. The van der Waals surface area contributed by atoms with E-state index in [1.165, 1.54) is 51.7 Å². The molecular weight excluding hydrogens is 1540 g/mol. The second-order valence-corrected chi connectivity index (χ2v) is 29.0. The van der Waals surface area contributed by atoms with Gasteiger partial charge in [0.15, 0.2) is 0 Å². The molecule has 117 heavy (non-hydrogen) atoms.